The van der Waals surface area contributed by atoms with Crippen LogP contribution in [0.1, 0.15) is 17.0 Å². The Balaban J connectivity index is 2.31. The largest absolute Gasteiger partial charge is 0.471 e. The van der Waals surface area contributed by atoms with Crippen LogP contribution in [0.15, 0.2) is 12.6 Å². The number of alkyl halides is 3. The van der Waals surface area contributed by atoms with Gasteiger partial charge in [0, 0.05) is 31.3 Å². The first-order valence-corrected chi connectivity index (χ1v) is 6.39. The predicted molar refractivity (Wildman–Crippen MR) is 71.0 cm³/mol. The van der Waals surface area contributed by atoms with Crippen LogP contribution in [0.3, 0.4) is 0 Å². The van der Waals surface area contributed by atoms with Gasteiger partial charge in [-0.3, -0.25) is 14.9 Å². The Bertz CT molecular complexity index is 643. The standard InChI is InChI=1S/C13H12F3N3O3/c1-2-9-11(19(21)22)7-8-3-5-18(6-4-10(8)17-9)12(20)13(14,15)16/h2,7H,1,3-6H2. The first-order chi connectivity index (χ1) is 10.2. The minimum atomic E-state index is -4.93. The number of amides is 1. The average molecular weight is 315 g/mol. The second-order valence-corrected chi connectivity index (χ2v) is 4.75. The van der Waals surface area contributed by atoms with Crippen LogP contribution >= 0.6 is 0 Å². The number of nitro groups is 1. The number of carbonyl (C=O) groups is 1. The fourth-order valence-corrected chi connectivity index (χ4v) is 2.32. The quantitative estimate of drug-likeness (QED) is 0.619. The molecule has 2 heterocycles. The Kier molecular flexibility index (Phi) is 4.16. The number of nitrogens with zero attached hydrogens (tertiary/aromatic N) is 3. The Labute approximate surface area is 123 Å². The van der Waals surface area contributed by atoms with Crippen molar-refractivity contribution >= 4 is 17.7 Å². The van der Waals surface area contributed by atoms with Gasteiger partial charge in [-0.25, -0.2) is 4.98 Å². The SMILES string of the molecule is C=Cc1nc2c(cc1[N+](=O)[O-])CCN(C(=O)C(F)(F)F)CC2. The summed E-state index contributed by atoms with van der Waals surface area (Å²) in [6, 6.07) is 1.29. The summed E-state index contributed by atoms with van der Waals surface area (Å²) in [4.78, 5) is 26.4. The highest BCUT2D eigenvalue weighted by atomic mass is 19.4. The zero-order chi connectivity index (χ0) is 16.5. The van der Waals surface area contributed by atoms with Crippen LogP contribution in [-0.4, -0.2) is 40.0 Å². The first-order valence-electron chi connectivity index (χ1n) is 6.39. The summed E-state index contributed by atoms with van der Waals surface area (Å²) in [5.41, 5.74) is 0.761. The van der Waals surface area contributed by atoms with Crippen LogP contribution in [-0.2, 0) is 17.6 Å². The number of carbonyl (C=O) groups excluding carboxylic acids is 1. The lowest BCUT2D eigenvalue weighted by atomic mass is 10.1. The second-order valence-electron chi connectivity index (χ2n) is 4.75. The fraction of sp³-hybridized carbons (Fsp3) is 0.385. The molecule has 1 aliphatic heterocycles. The predicted octanol–water partition coefficient (Wildman–Crippen LogP) is 2.12. The molecule has 118 valence electrons. The molecule has 1 aliphatic rings. The topological polar surface area (TPSA) is 76.3 Å². The average Bonchev–Trinajstić information content (AvgIpc) is 2.65. The number of hydrogen-bond acceptors (Lipinski definition) is 4. The summed E-state index contributed by atoms with van der Waals surface area (Å²) >= 11 is 0. The van der Waals surface area contributed by atoms with Gasteiger partial charge in [-0.05, 0) is 18.1 Å². The van der Waals surface area contributed by atoms with Crippen molar-refractivity contribution in [3.8, 4) is 0 Å². The molecule has 0 bridgehead atoms. The lowest BCUT2D eigenvalue weighted by Crippen LogP contribution is -2.42. The summed E-state index contributed by atoms with van der Waals surface area (Å²) < 4.78 is 37.4. The molecule has 0 saturated heterocycles. The summed E-state index contributed by atoms with van der Waals surface area (Å²) in [7, 11) is 0. The Morgan fingerprint density at radius 1 is 1.41 bits per heavy atom. The van der Waals surface area contributed by atoms with Crippen molar-refractivity contribution in [2.24, 2.45) is 0 Å². The van der Waals surface area contributed by atoms with Gasteiger partial charge in [0.2, 0.25) is 0 Å². The third-order valence-electron chi connectivity index (χ3n) is 3.39. The minimum Gasteiger partial charge on any atom is -0.334 e. The molecule has 1 aromatic heterocycles. The number of rotatable bonds is 2. The molecule has 0 aliphatic carbocycles. The van der Waals surface area contributed by atoms with E-state index in [-0.39, 0.29) is 37.3 Å². The lowest BCUT2D eigenvalue weighted by molar-refractivity contribution is -0.385. The number of aromatic nitrogens is 1. The smallest absolute Gasteiger partial charge is 0.334 e. The van der Waals surface area contributed by atoms with Gasteiger partial charge >= 0.3 is 12.1 Å². The Morgan fingerprint density at radius 3 is 2.59 bits per heavy atom. The second kappa shape index (κ2) is 5.74. The van der Waals surface area contributed by atoms with E-state index in [2.05, 4.69) is 11.6 Å². The maximum absolute atomic E-state index is 12.5. The van der Waals surface area contributed by atoms with E-state index < -0.39 is 17.0 Å². The minimum absolute atomic E-state index is 0.0688. The number of halogens is 3. The normalized spacial score (nSPS) is 15.0. The van der Waals surface area contributed by atoms with Gasteiger partial charge in [-0.2, -0.15) is 13.2 Å². The molecular formula is C13H12F3N3O3. The van der Waals surface area contributed by atoms with E-state index in [1.165, 1.54) is 12.1 Å². The molecule has 0 N–H and O–H groups in total. The highest BCUT2D eigenvalue weighted by molar-refractivity contribution is 5.82. The van der Waals surface area contributed by atoms with E-state index in [0.29, 0.717) is 16.2 Å². The summed E-state index contributed by atoms with van der Waals surface area (Å²) in [5.74, 6) is -1.90. The van der Waals surface area contributed by atoms with Crippen molar-refractivity contribution in [3.63, 3.8) is 0 Å². The van der Waals surface area contributed by atoms with Gasteiger partial charge in [0.15, 0.2) is 0 Å². The van der Waals surface area contributed by atoms with E-state index in [1.54, 1.807) is 0 Å². The summed E-state index contributed by atoms with van der Waals surface area (Å²) in [5, 5.41) is 11.0. The van der Waals surface area contributed by atoms with Crippen molar-refractivity contribution < 1.29 is 22.9 Å². The third kappa shape index (κ3) is 3.07. The maximum Gasteiger partial charge on any atom is 0.471 e. The first kappa shape index (κ1) is 15.9. The molecule has 1 aromatic rings. The Hall–Kier alpha value is -2.45. The van der Waals surface area contributed by atoms with Gasteiger partial charge in [-0.1, -0.05) is 6.58 Å². The van der Waals surface area contributed by atoms with Crippen molar-refractivity contribution in [1.82, 2.24) is 9.88 Å². The van der Waals surface area contributed by atoms with Crippen LogP contribution in [0.2, 0.25) is 0 Å². The number of hydrogen-bond donors (Lipinski definition) is 0. The van der Waals surface area contributed by atoms with Crippen LogP contribution in [0.25, 0.3) is 6.08 Å². The molecule has 6 nitrogen and oxygen atoms in total. The van der Waals surface area contributed by atoms with Gasteiger partial charge in [0.25, 0.3) is 5.69 Å². The van der Waals surface area contributed by atoms with Crippen molar-refractivity contribution in [1.29, 1.82) is 0 Å². The van der Waals surface area contributed by atoms with Crippen LogP contribution in [0.4, 0.5) is 18.9 Å². The zero-order valence-corrected chi connectivity index (χ0v) is 11.4. The van der Waals surface area contributed by atoms with E-state index in [1.807, 2.05) is 0 Å². The number of fused-ring (bicyclic) bond motifs is 1. The van der Waals surface area contributed by atoms with E-state index in [0.717, 1.165) is 0 Å². The molecule has 0 aromatic carbocycles. The van der Waals surface area contributed by atoms with E-state index in [4.69, 9.17) is 0 Å². The Morgan fingerprint density at radius 2 is 2.05 bits per heavy atom. The molecule has 2 rings (SSSR count). The van der Waals surface area contributed by atoms with Crippen LogP contribution < -0.4 is 0 Å². The summed E-state index contributed by atoms with van der Waals surface area (Å²) in [6.45, 7) is 3.15. The van der Waals surface area contributed by atoms with Gasteiger partial charge < -0.3 is 4.90 Å². The molecule has 22 heavy (non-hydrogen) atoms. The molecule has 0 spiro atoms. The fourth-order valence-electron chi connectivity index (χ4n) is 2.32. The molecular weight excluding hydrogens is 303 g/mol. The number of pyridine rings is 1. The molecule has 0 saturated carbocycles. The molecule has 0 radical (unpaired) electrons. The monoisotopic (exact) mass is 315 g/mol. The van der Waals surface area contributed by atoms with Gasteiger partial charge in [0.05, 0.1) is 4.92 Å². The zero-order valence-electron chi connectivity index (χ0n) is 11.4. The van der Waals surface area contributed by atoms with Crippen molar-refractivity contribution in [2.75, 3.05) is 13.1 Å². The molecule has 9 heteroatoms. The van der Waals surface area contributed by atoms with Gasteiger partial charge in [0.1, 0.15) is 5.69 Å². The molecule has 1 amide bonds. The highest BCUT2D eigenvalue weighted by Gasteiger charge is 2.42. The molecule has 0 atom stereocenters. The molecule has 0 unspecified atom stereocenters. The van der Waals surface area contributed by atoms with Crippen LogP contribution in [0, 0.1) is 10.1 Å². The van der Waals surface area contributed by atoms with E-state index >= 15 is 0 Å². The molecule has 0 fully saturated rings. The highest BCUT2D eigenvalue weighted by Crippen LogP contribution is 2.26. The van der Waals surface area contributed by atoms with Crippen molar-refractivity contribution in [2.45, 2.75) is 19.0 Å². The van der Waals surface area contributed by atoms with Crippen LogP contribution in [0.5, 0.6) is 0 Å². The van der Waals surface area contributed by atoms with E-state index in [9.17, 15) is 28.1 Å². The third-order valence-corrected chi connectivity index (χ3v) is 3.39. The van der Waals surface area contributed by atoms with Gasteiger partial charge in [-0.15, -0.1) is 0 Å². The van der Waals surface area contributed by atoms with Crippen molar-refractivity contribution in [3.05, 3.63) is 39.7 Å². The lowest BCUT2D eigenvalue weighted by Gasteiger charge is -2.21. The summed E-state index contributed by atoms with van der Waals surface area (Å²) in [6.07, 6.45) is -3.51. The maximum atomic E-state index is 12.5.